The van der Waals surface area contributed by atoms with E-state index in [1.165, 1.54) is 30.5 Å². The first-order valence-electron chi connectivity index (χ1n) is 7.00. The van der Waals surface area contributed by atoms with Crippen LogP contribution in [0.5, 0.6) is 0 Å². The van der Waals surface area contributed by atoms with Crippen LogP contribution in [0, 0.1) is 5.92 Å². The molecule has 4 nitrogen and oxygen atoms in total. The maximum Gasteiger partial charge on any atom is 0.132 e. The van der Waals surface area contributed by atoms with Crippen LogP contribution in [0.2, 0.25) is 0 Å². The van der Waals surface area contributed by atoms with Crippen LogP contribution in [-0.4, -0.2) is 22.6 Å². The van der Waals surface area contributed by atoms with Crippen molar-refractivity contribution in [2.75, 3.05) is 11.9 Å². The van der Waals surface area contributed by atoms with Crippen molar-refractivity contribution < 1.29 is 0 Å². The van der Waals surface area contributed by atoms with Gasteiger partial charge in [-0.1, -0.05) is 20.3 Å². The highest BCUT2D eigenvalue weighted by molar-refractivity contribution is 5.46. The molecule has 0 amide bonds. The number of fused-ring (bicyclic) bond motifs is 1. The van der Waals surface area contributed by atoms with E-state index in [4.69, 9.17) is 5.73 Å². The van der Waals surface area contributed by atoms with Gasteiger partial charge in [0.25, 0.3) is 0 Å². The van der Waals surface area contributed by atoms with Crippen LogP contribution in [0.25, 0.3) is 0 Å². The summed E-state index contributed by atoms with van der Waals surface area (Å²) in [5, 5.41) is 3.41. The predicted molar refractivity (Wildman–Crippen MR) is 74.6 cm³/mol. The van der Waals surface area contributed by atoms with Crippen molar-refractivity contribution >= 4 is 5.82 Å². The van der Waals surface area contributed by atoms with Crippen molar-refractivity contribution in [3.8, 4) is 0 Å². The molecule has 0 aliphatic heterocycles. The number of hydrogen-bond acceptors (Lipinski definition) is 4. The summed E-state index contributed by atoms with van der Waals surface area (Å²) in [5.74, 6) is 1.48. The summed E-state index contributed by atoms with van der Waals surface area (Å²) in [6.07, 6.45) is 7.63. The van der Waals surface area contributed by atoms with Crippen LogP contribution in [0.4, 0.5) is 5.82 Å². The average molecular weight is 248 g/mol. The number of aryl methyl sites for hydroxylation is 1. The summed E-state index contributed by atoms with van der Waals surface area (Å²) >= 11 is 0. The third-order valence-electron chi connectivity index (χ3n) is 3.74. The van der Waals surface area contributed by atoms with Crippen LogP contribution in [0.1, 0.15) is 44.4 Å². The van der Waals surface area contributed by atoms with Gasteiger partial charge in [-0.2, -0.15) is 0 Å². The molecule has 1 heterocycles. The van der Waals surface area contributed by atoms with Gasteiger partial charge in [-0.3, -0.25) is 0 Å². The summed E-state index contributed by atoms with van der Waals surface area (Å²) in [7, 11) is 0. The average Bonchev–Trinajstić information content (AvgIpc) is 2.61. The first-order valence-corrected chi connectivity index (χ1v) is 7.00. The first kappa shape index (κ1) is 13.3. The number of rotatable bonds is 4. The lowest BCUT2D eigenvalue weighted by Crippen LogP contribution is -2.34. The first-order chi connectivity index (χ1) is 8.68. The highest BCUT2D eigenvalue weighted by Crippen LogP contribution is 2.23. The molecule has 0 fully saturated rings. The van der Waals surface area contributed by atoms with E-state index in [0.29, 0.717) is 5.92 Å². The smallest absolute Gasteiger partial charge is 0.132 e. The fourth-order valence-electron chi connectivity index (χ4n) is 2.30. The molecular formula is C14H24N4. The molecule has 0 radical (unpaired) electrons. The maximum atomic E-state index is 6.07. The molecule has 1 aromatic heterocycles. The normalized spacial score (nSPS) is 17.1. The van der Waals surface area contributed by atoms with Gasteiger partial charge in [-0.05, 0) is 31.6 Å². The molecule has 1 aliphatic rings. The van der Waals surface area contributed by atoms with Gasteiger partial charge in [0.15, 0.2) is 0 Å². The second kappa shape index (κ2) is 6.14. The summed E-state index contributed by atoms with van der Waals surface area (Å²) in [4.78, 5) is 8.81. The molecule has 1 aliphatic carbocycles. The van der Waals surface area contributed by atoms with Gasteiger partial charge in [0, 0.05) is 23.8 Å². The van der Waals surface area contributed by atoms with Crippen LogP contribution in [0.15, 0.2) is 6.33 Å². The predicted octanol–water partition coefficient (Wildman–Crippen LogP) is 2.14. The van der Waals surface area contributed by atoms with Crippen molar-refractivity contribution in [2.24, 2.45) is 11.7 Å². The van der Waals surface area contributed by atoms with Crippen LogP contribution >= 0.6 is 0 Å². The van der Waals surface area contributed by atoms with Gasteiger partial charge < -0.3 is 11.1 Å². The molecule has 0 saturated heterocycles. The Kier molecular flexibility index (Phi) is 4.53. The Morgan fingerprint density at radius 2 is 2.00 bits per heavy atom. The van der Waals surface area contributed by atoms with E-state index in [1.807, 2.05) is 0 Å². The molecule has 0 bridgehead atoms. The second-order valence-corrected chi connectivity index (χ2v) is 5.50. The lowest BCUT2D eigenvalue weighted by atomic mass is 10.1. The quantitative estimate of drug-likeness (QED) is 0.801. The van der Waals surface area contributed by atoms with Crippen LogP contribution in [0.3, 0.4) is 0 Å². The largest absolute Gasteiger partial charge is 0.368 e. The molecule has 0 saturated carbocycles. The Hall–Kier alpha value is -1.16. The zero-order valence-electron chi connectivity index (χ0n) is 11.4. The molecule has 0 aromatic carbocycles. The zero-order chi connectivity index (χ0) is 13.0. The van der Waals surface area contributed by atoms with Gasteiger partial charge in [0.05, 0.1) is 0 Å². The van der Waals surface area contributed by atoms with E-state index in [-0.39, 0.29) is 6.04 Å². The molecule has 1 unspecified atom stereocenters. The molecule has 100 valence electrons. The monoisotopic (exact) mass is 248 g/mol. The fourth-order valence-corrected chi connectivity index (χ4v) is 2.30. The molecule has 2 rings (SSSR count). The summed E-state index contributed by atoms with van der Waals surface area (Å²) in [6, 6.07) is 0.168. The van der Waals surface area contributed by atoms with E-state index in [0.717, 1.165) is 25.2 Å². The van der Waals surface area contributed by atoms with Crippen LogP contribution in [-0.2, 0) is 12.8 Å². The van der Waals surface area contributed by atoms with Crippen molar-refractivity contribution in [1.82, 2.24) is 9.97 Å². The molecule has 1 aromatic rings. The molecular weight excluding hydrogens is 224 g/mol. The Morgan fingerprint density at radius 3 is 2.78 bits per heavy atom. The van der Waals surface area contributed by atoms with E-state index >= 15 is 0 Å². The van der Waals surface area contributed by atoms with Crippen LogP contribution < -0.4 is 11.1 Å². The van der Waals surface area contributed by atoms with Gasteiger partial charge in [-0.15, -0.1) is 0 Å². The topological polar surface area (TPSA) is 63.8 Å². The Bertz CT molecular complexity index is 389. The molecule has 1 atom stereocenters. The van der Waals surface area contributed by atoms with Gasteiger partial charge in [-0.25, -0.2) is 9.97 Å². The standard InChI is InChI=1S/C14H24N4/c1-10(2)12(15)8-16-14-11-6-4-3-5-7-13(11)17-9-18-14/h9-10,12H,3-8,15H2,1-2H3,(H,16,17,18). The highest BCUT2D eigenvalue weighted by Gasteiger charge is 2.15. The molecule has 0 spiro atoms. The van der Waals surface area contributed by atoms with E-state index < -0.39 is 0 Å². The van der Waals surface area contributed by atoms with Crippen molar-refractivity contribution in [3.63, 3.8) is 0 Å². The van der Waals surface area contributed by atoms with E-state index in [9.17, 15) is 0 Å². The van der Waals surface area contributed by atoms with Gasteiger partial charge in [0.2, 0.25) is 0 Å². The van der Waals surface area contributed by atoms with Crippen molar-refractivity contribution in [3.05, 3.63) is 17.6 Å². The van der Waals surface area contributed by atoms with Crippen molar-refractivity contribution in [1.29, 1.82) is 0 Å². The second-order valence-electron chi connectivity index (χ2n) is 5.50. The minimum atomic E-state index is 0.168. The number of anilines is 1. The molecule has 4 heteroatoms. The van der Waals surface area contributed by atoms with Crippen molar-refractivity contribution in [2.45, 2.75) is 52.0 Å². The van der Waals surface area contributed by atoms with Gasteiger partial charge >= 0.3 is 0 Å². The Morgan fingerprint density at radius 1 is 1.22 bits per heavy atom. The number of hydrogen-bond donors (Lipinski definition) is 2. The maximum absolute atomic E-state index is 6.07. The third kappa shape index (κ3) is 3.19. The molecule has 3 N–H and O–H groups in total. The number of nitrogens with two attached hydrogens (primary N) is 1. The van der Waals surface area contributed by atoms with E-state index in [2.05, 4.69) is 29.1 Å². The lowest BCUT2D eigenvalue weighted by molar-refractivity contribution is 0.511. The Balaban J connectivity index is 2.08. The van der Waals surface area contributed by atoms with E-state index in [1.54, 1.807) is 6.33 Å². The number of nitrogens with one attached hydrogen (secondary N) is 1. The molecule has 18 heavy (non-hydrogen) atoms. The fraction of sp³-hybridized carbons (Fsp3) is 0.714. The summed E-state index contributed by atoms with van der Waals surface area (Å²) in [6.45, 7) is 5.07. The van der Waals surface area contributed by atoms with Gasteiger partial charge in [0.1, 0.15) is 12.1 Å². The summed E-state index contributed by atoms with van der Waals surface area (Å²) in [5.41, 5.74) is 8.60. The highest BCUT2D eigenvalue weighted by atomic mass is 15.0. The SMILES string of the molecule is CC(C)C(N)CNc1ncnc2c1CCCCC2. The number of aromatic nitrogens is 2. The third-order valence-corrected chi connectivity index (χ3v) is 3.74. The minimum Gasteiger partial charge on any atom is -0.368 e. The zero-order valence-corrected chi connectivity index (χ0v) is 11.4. The lowest BCUT2D eigenvalue weighted by Gasteiger charge is -2.18. The Labute approximate surface area is 109 Å². The summed E-state index contributed by atoms with van der Waals surface area (Å²) < 4.78 is 0. The minimum absolute atomic E-state index is 0.168. The number of nitrogens with zero attached hydrogens (tertiary/aromatic N) is 2.